The van der Waals surface area contributed by atoms with E-state index in [1.807, 2.05) is 33.3 Å². The highest BCUT2D eigenvalue weighted by Crippen LogP contribution is 2.09. The van der Waals surface area contributed by atoms with Gasteiger partial charge < -0.3 is 10.2 Å². The molecule has 0 saturated carbocycles. The first-order chi connectivity index (χ1) is 7.54. The van der Waals surface area contributed by atoms with Gasteiger partial charge in [0.05, 0.1) is 12.7 Å². The Morgan fingerprint density at radius 3 is 2.88 bits per heavy atom. The average Bonchev–Trinajstić information content (AvgIpc) is 2.71. The van der Waals surface area contributed by atoms with Gasteiger partial charge in [-0.15, -0.1) is 0 Å². The zero-order valence-corrected chi connectivity index (χ0v) is 10.4. The topological polar surface area (TPSA) is 50.2 Å². The highest BCUT2D eigenvalue weighted by Gasteiger charge is 2.10. The highest BCUT2D eigenvalue weighted by atomic mass is 16.2. The number of likely N-dealkylation sites (N-methyl/N-ethyl adjacent to an activating group) is 1. The maximum absolute atomic E-state index is 11.6. The Hall–Kier alpha value is -1.36. The highest BCUT2D eigenvalue weighted by molar-refractivity contribution is 5.77. The molecule has 5 heteroatoms. The Bertz CT molecular complexity index is 348. The van der Waals surface area contributed by atoms with Crippen LogP contribution in [0.25, 0.3) is 0 Å². The van der Waals surface area contributed by atoms with Crippen molar-refractivity contribution in [2.24, 2.45) is 7.05 Å². The molecule has 0 aliphatic carbocycles. The summed E-state index contributed by atoms with van der Waals surface area (Å²) in [5.74, 6) is 0.109. The zero-order valence-electron chi connectivity index (χ0n) is 10.4. The Morgan fingerprint density at radius 1 is 1.69 bits per heavy atom. The normalized spacial score (nSPS) is 12.5. The molecule has 0 spiro atoms. The summed E-state index contributed by atoms with van der Waals surface area (Å²) in [5.41, 5.74) is 1.09. The predicted molar refractivity (Wildman–Crippen MR) is 62.9 cm³/mol. The van der Waals surface area contributed by atoms with E-state index in [-0.39, 0.29) is 11.9 Å². The summed E-state index contributed by atoms with van der Waals surface area (Å²) in [4.78, 5) is 13.3. The van der Waals surface area contributed by atoms with Gasteiger partial charge in [-0.1, -0.05) is 0 Å². The third-order valence-corrected chi connectivity index (χ3v) is 2.68. The molecule has 5 nitrogen and oxygen atoms in total. The van der Waals surface area contributed by atoms with Crippen molar-refractivity contribution in [2.75, 3.05) is 20.1 Å². The van der Waals surface area contributed by atoms with Crippen LogP contribution < -0.4 is 5.32 Å². The number of carbonyl (C=O) groups is 1. The Labute approximate surface area is 96.4 Å². The van der Waals surface area contributed by atoms with Crippen LogP contribution in [0.5, 0.6) is 0 Å². The van der Waals surface area contributed by atoms with Gasteiger partial charge in [-0.05, 0) is 13.8 Å². The van der Waals surface area contributed by atoms with Crippen LogP contribution in [0, 0.1) is 0 Å². The van der Waals surface area contributed by atoms with Crippen molar-refractivity contribution in [1.82, 2.24) is 20.0 Å². The van der Waals surface area contributed by atoms with E-state index < -0.39 is 0 Å². The van der Waals surface area contributed by atoms with E-state index in [0.717, 1.165) is 12.1 Å². The second-order valence-corrected chi connectivity index (χ2v) is 3.96. The molecule has 0 bridgehead atoms. The third-order valence-electron chi connectivity index (χ3n) is 2.68. The smallest absolute Gasteiger partial charge is 0.236 e. The average molecular weight is 224 g/mol. The second kappa shape index (κ2) is 5.65. The molecule has 1 aromatic rings. The van der Waals surface area contributed by atoms with E-state index in [4.69, 9.17) is 0 Å². The molecule has 1 N–H and O–H groups in total. The van der Waals surface area contributed by atoms with E-state index in [1.165, 1.54) is 0 Å². The summed E-state index contributed by atoms with van der Waals surface area (Å²) in [7, 11) is 3.69. The van der Waals surface area contributed by atoms with E-state index in [1.54, 1.807) is 16.6 Å². The van der Waals surface area contributed by atoms with E-state index in [2.05, 4.69) is 10.4 Å². The molecular formula is C11H20N4O. The standard InChI is InChI=1S/C11H20N4O/c1-5-14(3)11(16)7-12-9(2)10-6-13-15(4)8-10/h6,8-9,12H,5,7H2,1-4H3. The Balaban J connectivity index is 2.41. The predicted octanol–water partition coefficient (Wildman–Crippen LogP) is 0.549. The Morgan fingerprint density at radius 2 is 2.38 bits per heavy atom. The molecule has 0 fully saturated rings. The summed E-state index contributed by atoms with van der Waals surface area (Å²) < 4.78 is 1.76. The summed E-state index contributed by atoms with van der Waals surface area (Å²) in [6.45, 7) is 5.08. The van der Waals surface area contributed by atoms with Crippen LogP contribution in [-0.4, -0.2) is 40.7 Å². The van der Waals surface area contributed by atoms with Crippen molar-refractivity contribution in [3.05, 3.63) is 18.0 Å². The lowest BCUT2D eigenvalue weighted by Crippen LogP contribution is -2.36. The largest absolute Gasteiger partial charge is 0.345 e. The lowest BCUT2D eigenvalue weighted by Gasteiger charge is -2.17. The number of carbonyl (C=O) groups excluding carboxylic acids is 1. The van der Waals surface area contributed by atoms with Gasteiger partial charge in [0, 0.05) is 38.4 Å². The minimum Gasteiger partial charge on any atom is -0.345 e. The molecule has 90 valence electrons. The number of nitrogens with one attached hydrogen (secondary N) is 1. The van der Waals surface area contributed by atoms with E-state index in [9.17, 15) is 4.79 Å². The number of hydrogen-bond donors (Lipinski definition) is 1. The molecule has 16 heavy (non-hydrogen) atoms. The molecule has 0 saturated heterocycles. The zero-order chi connectivity index (χ0) is 12.1. The van der Waals surface area contributed by atoms with Gasteiger partial charge in [0.15, 0.2) is 0 Å². The van der Waals surface area contributed by atoms with Crippen molar-refractivity contribution >= 4 is 5.91 Å². The fourth-order valence-electron chi connectivity index (χ4n) is 1.33. The van der Waals surface area contributed by atoms with Crippen LogP contribution in [0.1, 0.15) is 25.5 Å². The maximum atomic E-state index is 11.6. The van der Waals surface area contributed by atoms with Crippen LogP contribution in [0.2, 0.25) is 0 Å². The van der Waals surface area contributed by atoms with E-state index >= 15 is 0 Å². The van der Waals surface area contributed by atoms with Crippen LogP contribution in [0.4, 0.5) is 0 Å². The van der Waals surface area contributed by atoms with Gasteiger partial charge in [-0.2, -0.15) is 5.10 Å². The SMILES string of the molecule is CCN(C)C(=O)CNC(C)c1cnn(C)c1. The quantitative estimate of drug-likeness (QED) is 0.794. The van der Waals surface area contributed by atoms with Gasteiger partial charge in [0.25, 0.3) is 0 Å². The molecule has 1 heterocycles. The number of rotatable bonds is 5. The molecule has 0 aromatic carbocycles. The van der Waals surface area contributed by atoms with Crippen molar-refractivity contribution in [2.45, 2.75) is 19.9 Å². The first kappa shape index (κ1) is 12.7. The molecule has 1 atom stereocenters. The first-order valence-corrected chi connectivity index (χ1v) is 5.50. The van der Waals surface area contributed by atoms with Crippen LogP contribution in [0.3, 0.4) is 0 Å². The Kier molecular flexibility index (Phi) is 4.49. The summed E-state index contributed by atoms with van der Waals surface area (Å²) >= 11 is 0. The second-order valence-electron chi connectivity index (χ2n) is 3.96. The monoisotopic (exact) mass is 224 g/mol. The number of aryl methyl sites for hydroxylation is 1. The lowest BCUT2D eigenvalue weighted by molar-refractivity contribution is -0.128. The molecule has 1 rings (SSSR count). The molecule has 1 unspecified atom stereocenters. The van der Waals surface area contributed by atoms with Gasteiger partial charge in [0.1, 0.15) is 0 Å². The summed E-state index contributed by atoms with van der Waals surface area (Å²) in [5, 5.41) is 7.28. The fourth-order valence-corrected chi connectivity index (χ4v) is 1.33. The maximum Gasteiger partial charge on any atom is 0.236 e. The summed E-state index contributed by atoms with van der Waals surface area (Å²) in [6.07, 6.45) is 3.76. The fraction of sp³-hybridized carbons (Fsp3) is 0.636. The van der Waals surface area contributed by atoms with Gasteiger partial charge in [-0.3, -0.25) is 9.48 Å². The minimum atomic E-state index is 0.109. The van der Waals surface area contributed by atoms with Crippen molar-refractivity contribution in [3.8, 4) is 0 Å². The van der Waals surface area contributed by atoms with Crippen molar-refractivity contribution in [1.29, 1.82) is 0 Å². The van der Waals surface area contributed by atoms with Gasteiger partial charge in [0.2, 0.25) is 5.91 Å². The van der Waals surface area contributed by atoms with Crippen molar-refractivity contribution in [3.63, 3.8) is 0 Å². The minimum absolute atomic E-state index is 0.109. The third kappa shape index (κ3) is 3.34. The van der Waals surface area contributed by atoms with Gasteiger partial charge in [-0.25, -0.2) is 0 Å². The first-order valence-electron chi connectivity index (χ1n) is 5.50. The van der Waals surface area contributed by atoms with Crippen LogP contribution >= 0.6 is 0 Å². The number of nitrogens with zero attached hydrogens (tertiary/aromatic N) is 3. The number of aromatic nitrogens is 2. The molecular weight excluding hydrogens is 204 g/mol. The summed E-state index contributed by atoms with van der Waals surface area (Å²) in [6, 6.07) is 0.142. The lowest BCUT2D eigenvalue weighted by atomic mass is 10.2. The van der Waals surface area contributed by atoms with Gasteiger partial charge >= 0.3 is 0 Å². The number of amides is 1. The van der Waals surface area contributed by atoms with E-state index in [0.29, 0.717) is 6.54 Å². The van der Waals surface area contributed by atoms with Crippen LogP contribution in [0.15, 0.2) is 12.4 Å². The molecule has 0 aliphatic heterocycles. The molecule has 1 aromatic heterocycles. The number of hydrogen-bond acceptors (Lipinski definition) is 3. The van der Waals surface area contributed by atoms with Crippen LogP contribution in [-0.2, 0) is 11.8 Å². The molecule has 0 aliphatic rings. The molecule has 1 amide bonds. The van der Waals surface area contributed by atoms with Crippen molar-refractivity contribution < 1.29 is 4.79 Å². The molecule has 0 radical (unpaired) electrons.